The zero-order chi connectivity index (χ0) is 69.9. The van der Waals surface area contributed by atoms with Crippen molar-refractivity contribution in [1.29, 1.82) is 26.3 Å². The summed E-state index contributed by atoms with van der Waals surface area (Å²) in [6.07, 6.45) is 0. The average molecular weight is 1310 g/mol. The molecule has 0 fully saturated rings. The summed E-state index contributed by atoms with van der Waals surface area (Å²) in [7, 11) is 0. The molecular formula is C72H22N30. The number of nitriles is 5. The van der Waals surface area contributed by atoms with Crippen LogP contribution < -0.4 is 0 Å². The van der Waals surface area contributed by atoms with Gasteiger partial charge < -0.3 is 24.2 Å². The fraction of sp³-hybridized carbons (Fsp3) is 0. The molecule has 0 saturated carbocycles. The van der Waals surface area contributed by atoms with Gasteiger partial charge in [0.25, 0.3) is 28.9 Å². The first kappa shape index (κ1) is 59.8. The van der Waals surface area contributed by atoms with E-state index in [1.54, 1.807) is 18.2 Å². The normalized spacial score (nSPS) is 10.8. The van der Waals surface area contributed by atoms with Gasteiger partial charge in [-0.3, -0.25) is 0 Å². The number of benzene rings is 7. The van der Waals surface area contributed by atoms with E-state index in [0.717, 1.165) is 55.6 Å². The molecule has 30 heteroatoms. The minimum Gasteiger partial charge on any atom is -0.370 e. The summed E-state index contributed by atoms with van der Waals surface area (Å²) in [5.74, 6) is -0.640. The molecule has 0 N–H and O–H groups in total. The Morgan fingerprint density at radius 2 is 0.373 bits per heavy atom. The maximum atomic E-state index is 9.53. The maximum absolute atomic E-state index is 9.53. The van der Waals surface area contributed by atoms with Crippen molar-refractivity contribution in [3.8, 4) is 86.0 Å². The van der Waals surface area contributed by atoms with Gasteiger partial charge in [0.1, 0.15) is 30.3 Å². The third-order valence-corrected chi connectivity index (χ3v) is 15.9. The molecule has 7 aromatic carbocycles. The predicted molar refractivity (Wildman–Crippen MR) is 366 cm³/mol. The smallest absolute Gasteiger partial charge is 0.316 e. The molecule has 17 rings (SSSR count). The van der Waals surface area contributed by atoms with Gasteiger partial charge in [-0.15, -0.1) is 19.9 Å². The van der Waals surface area contributed by atoms with Crippen LogP contribution in [0.15, 0.2) is 133 Å². The van der Waals surface area contributed by atoms with Crippen molar-refractivity contribution in [3.05, 3.63) is 219 Å². The Hall–Kier alpha value is -17.2. The number of hydrogen-bond donors (Lipinski definition) is 0. The summed E-state index contributed by atoms with van der Waals surface area (Å²) in [4.78, 5) is 104. The van der Waals surface area contributed by atoms with E-state index in [1.807, 2.05) is 146 Å². The molecule has 0 aliphatic heterocycles. The first-order chi connectivity index (χ1) is 49.9. The molecule has 102 heavy (non-hydrogen) atoms. The highest BCUT2D eigenvalue weighted by Gasteiger charge is 2.22. The van der Waals surface area contributed by atoms with Gasteiger partial charge in [0.15, 0.2) is 51.1 Å². The minimum absolute atomic E-state index is 0.0831. The van der Waals surface area contributed by atoms with Gasteiger partial charge in [-0.25, -0.2) is 74.8 Å². The SMILES string of the molecule is [C-]#[N+]c1nc2nc3ccc(-c4cc(-c5ccc6nc7nc(C#N)c(C#N)nc7nc6c5)cc(-c5ccc6nc7nc([N+]#[C-])c([N+]#[C-])nc7nc6c5)c4)cc3nc2nc1C#N.[C-]#[N+]c1nc2nc3ccc(-c4ccc(-c5ccc6nc7nc(C#N)c(C#N)nc7nc6c5)cc4)cc3nc2nc1[N+]#[C-]. The highest BCUT2D eigenvalue weighted by molar-refractivity contribution is 5.95. The van der Waals surface area contributed by atoms with Crippen LogP contribution in [0.3, 0.4) is 0 Å². The quantitative estimate of drug-likeness (QED) is 0.114. The number of nitrogens with zero attached hydrogens (tertiary/aromatic N) is 30. The van der Waals surface area contributed by atoms with Crippen LogP contribution in [0.2, 0.25) is 0 Å². The van der Waals surface area contributed by atoms with Crippen LogP contribution >= 0.6 is 0 Å². The van der Waals surface area contributed by atoms with Gasteiger partial charge in [-0.1, -0.05) is 92.4 Å². The number of aromatic nitrogens is 20. The fourth-order valence-electron chi connectivity index (χ4n) is 11.1. The second-order valence-electron chi connectivity index (χ2n) is 21.8. The summed E-state index contributed by atoms with van der Waals surface area (Å²) in [6.45, 7) is 36.6. The van der Waals surface area contributed by atoms with Crippen LogP contribution in [0.4, 0.5) is 29.1 Å². The van der Waals surface area contributed by atoms with E-state index in [2.05, 4.69) is 124 Å². The topological polar surface area (TPSA) is 399 Å². The summed E-state index contributed by atoms with van der Waals surface area (Å²) in [6, 6.07) is 51.3. The number of hydrogen-bond acceptors (Lipinski definition) is 25. The van der Waals surface area contributed by atoms with Crippen LogP contribution in [-0.4, -0.2) is 99.7 Å². The van der Waals surface area contributed by atoms with Crippen molar-refractivity contribution in [2.45, 2.75) is 0 Å². The van der Waals surface area contributed by atoms with E-state index in [0.29, 0.717) is 55.2 Å². The molecule has 0 amide bonds. The van der Waals surface area contributed by atoms with Crippen LogP contribution in [-0.2, 0) is 0 Å². The van der Waals surface area contributed by atoms with Gasteiger partial charge in [0, 0.05) is 0 Å². The second-order valence-corrected chi connectivity index (χ2v) is 21.8. The third-order valence-electron chi connectivity index (χ3n) is 15.9. The molecule has 0 bridgehead atoms. The lowest BCUT2D eigenvalue weighted by atomic mass is 9.93. The Bertz CT molecular complexity index is 6580. The summed E-state index contributed by atoms with van der Waals surface area (Å²) in [5, 5.41) is 47.0. The van der Waals surface area contributed by atoms with Gasteiger partial charge in [0.05, 0.1) is 55.2 Å². The van der Waals surface area contributed by atoms with E-state index >= 15 is 0 Å². The maximum Gasteiger partial charge on any atom is 0.316 e. The van der Waals surface area contributed by atoms with Crippen LogP contribution in [0.5, 0.6) is 0 Å². The average Bonchev–Trinajstić information content (AvgIpc) is 0.764. The zero-order valence-electron chi connectivity index (χ0n) is 51.1. The molecule has 17 aromatic rings. The largest absolute Gasteiger partial charge is 0.370 e. The van der Waals surface area contributed by atoms with Crippen molar-refractivity contribution in [1.82, 2.24) is 99.7 Å². The van der Waals surface area contributed by atoms with Crippen LogP contribution in [0.1, 0.15) is 28.5 Å². The van der Waals surface area contributed by atoms with E-state index in [-0.39, 0.29) is 114 Å². The highest BCUT2D eigenvalue weighted by atomic mass is 15.1. The van der Waals surface area contributed by atoms with Crippen molar-refractivity contribution >= 4 is 141 Å². The minimum atomic E-state index is -0.157. The molecule has 0 radical (unpaired) electrons. The van der Waals surface area contributed by atoms with Crippen molar-refractivity contribution in [3.63, 3.8) is 0 Å². The third kappa shape index (κ3) is 10.5. The highest BCUT2D eigenvalue weighted by Crippen LogP contribution is 2.38. The lowest BCUT2D eigenvalue weighted by Gasteiger charge is -2.13. The van der Waals surface area contributed by atoms with Crippen LogP contribution in [0.25, 0.3) is 191 Å². The molecule has 0 unspecified atom stereocenters. The molecule has 10 aromatic heterocycles. The molecule has 0 aliphatic carbocycles. The summed E-state index contributed by atoms with van der Waals surface area (Å²) < 4.78 is 0. The second kappa shape index (κ2) is 24.0. The Kier molecular flexibility index (Phi) is 14.1. The predicted octanol–water partition coefficient (Wildman–Crippen LogP) is 13.3. The summed E-state index contributed by atoms with van der Waals surface area (Å²) >= 11 is 0. The molecule has 0 spiro atoms. The monoisotopic (exact) mass is 1310 g/mol. The molecule has 10 heterocycles. The van der Waals surface area contributed by atoms with Crippen LogP contribution in [0, 0.1) is 89.5 Å². The van der Waals surface area contributed by atoms with Crippen molar-refractivity contribution < 1.29 is 0 Å². The first-order valence-corrected chi connectivity index (χ1v) is 29.5. The van der Waals surface area contributed by atoms with Gasteiger partial charge >= 0.3 is 28.4 Å². The molecule has 30 nitrogen and oxygen atoms in total. The van der Waals surface area contributed by atoms with E-state index in [9.17, 15) is 26.3 Å². The Labute approximate surface area is 569 Å². The molecule has 460 valence electrons. The van der Waals surface area contributed by atoms with Gasteiger partial charge in [0.2, 0.25) is 5.65 Å². The number of fused-ring (bicyclic) bond motifs is 10. The Morgan fingerprint density at radius 1 is 0.186 bits per heavy atom. The van der Waals surface area contributed by atoms with Gasteiger partial charge in [-0.05, 0) is 134 Å². The number of rotatable bonds is 5. The van der Waals surface area contributed by atoms with E-state index < -0.39 is 0 Å². The lowest BCUT2D eigenvalue weighted by molar-refractivity contribution is 1.14. The van der Waals surface area contributed by atoms with Crippen molar-refractivity contribution in [2.75, 3.05) is 0 Å². The van der Waals surface area contributed by atoms with E-state index in [1.165, 1.54) is 0 Å². The van der Waals surface area contributed by atoms with Crippen molar-refractivity contribution in [2.24, 2.45) is 0 Å². The molecule has 0 aliphatic rings. The Balaban J connectivity index is 0.000000168. The fourth-order valence-corrected chi connectivity index (χ4v) is 11.1. The molecule has 0 saturated heterocycles. The Morgan fingerprint density at radius 3 is 0.598 bits per heavy atom. The molecule has 0 atom stereocenters. The summed E-state index contributed by atoms with van der Waals surface area (Å²) in [5.41, 5.74) is 14.8. The van der Waals surface area contributed by atoms with E-state index in [4.69, 9.17) is 32.9 Å². The standard InChI is InChI=1S/C42H12N18.C30H10N12/c1-46-34-33(18-45)57-39-40(58-34)50-26-8-5-20(14-29(26)53-39)23-10-22(19-4-7-25-28(13-19)52-38-37(49-25)55-31(16-43)32(17-44)56-38)11-24(12-23)21-6-9-27-30(15-21)54-42-41(51-27)59-35(47-2)36(48-3)60-42;1-33-25-26(34-2)42-30-29(41-25)36-20-10-8-18(12-22(20)38-30)16-5-3-15(4-6-16)17-7-9-19-21(11-17)37-28-27(35-19)39-23(13-31)24(14-32)40-28/h4-15H;3-12H. The van der Waals surface area contributed by atoms with Gasteiger partial charge in [-0.2, -0.15) is 26.3 Å². The zero-order valence-corrected chi connectivity index (χ0v) is 51.1. The first-order valence-electron chi connectivity index (χ1n) is 29.5. The molecular weight excluding hydrogens is 1290 g/mol. The lowest BCUT2D eigenvalue weighted by Crippen LogP contribution is -2.00.